The van der Waals surface area contributed by atoms with Gasteiger partial charge in [-0.25, -0.2) is 0 Å². The van der Waals surface area contributed by atoms with Gasteiger partial charge in [0.15, 0.2) is 0 Å². The van der Waals surface area contributed by atoms with Gasteiger partial charge < -0.3 is 14.7 Å². The van der Waals surface area contributed by atoms with Crippen LogP contribution in [0.3, 0.4) is 0 Å². The van der Waals surface area contributed by atoms with Crippen molar-refractivity contribution in [3.8, 4) is 0 Å². The fourth-order valence-electron chi connectivity index (χ4n) is 2.08. The Kier molecular flexibility index (Phi) is 6.72. The van der Waals surface area contributed by atoms with Crippen LogP contribution in [0.5, 0.6) is 0 Å². The number of rotatable bonds is 7. The molecule has 0 spiro atoms. The van der Waals surface area contributed by atoms with Gasteiger partial charge in [-0.15, -0.1) is 0 Å². The Morgan fingerprint density at radius 1 is 1.33 bits per heavy atom. The molecule has 0 aromatic rings. The van der Waals surface area contributed by atoms with E-state index >= 15 is 0 Å². The number of hydrogen-bond donors (Lipinski definition) is 1. The normalized spacial score (nSPS) is 19.5. The molecule has 5 nitrogen and oxygen atoms in total. The summed E-state index contributed by atoms with van der Waals surface area (Å²) in [4.78, 5) is 23.7. The summed E-state index contributed by atoms with van der Waals surface area (Å²) in [6.07, 6.45) is 5.38. The van der Waals surface area contributed by atoms with Crippen LogP contribution in [-0.2, 0) is 14.3 Å². The number of carbonyl (C=O) groups is 2. The Morgan fingerprint density at radius 3 is 2.72 bits per heavy atom. The summed E-state index contributed by atoms with van der Waals surface area (Å²) in [5.41, 5.74) is 0. The van der Waals surface area contributed by atoms with Crippen molar-refractivity contribution in [2.45, 2.75) is 51.0 Å². The molecule has 18 heavy (non-hydrogen) atoms. The highest BCUT2D eigenvalue weighted by Crippen LogP contribution is 2.15. The van der Waals surface area contributed by atoms with Crippen molar-refractivity contribution in [2.75, 3.05) is 20.2 Å². The van der Waals surface area contributed by atoms with E-state index in [-0.39, 0.29) is 18.4 Å². The number of nitrogens with zero attached hydrogens (tertiary/aromatic N) is 1. The molecular formula is C13H23NO4. The number of amides is 1. The Morgan fingerprint density at radius 2 is 2.11 bits per heavy atom. The highest BCUT2D eigenvalue weighted by atomic mass is 16.5. The maximum Gasteiger partial charge on any atom is 0.303 e. The van der Waals surface area contributed by atoms with Crippen LogP contribution in [0.4, 0.5) is 0 Å². The summed E-state index contributed by atoms with van der Waals surface area (Å²) >= 11 is 0. The van der Waals surface area contributed by atoms with Gasteiger partial charge >= 0.3 is 5.97 Å². The lowest BCUT2D eigenvalue weighted by atomic mass is 10.1. The van der Waals surface area contributed by atoms with Gasteiger partial charge in [0.05, 0.1) is 6.10 Å². The standard InChI is InChI=1S/C13H23NO4/c1-14(12(15)6-4-7-13(16)17)9-8-11-5-2-3-10-18-11/h11H,2-10H2,1H3,(H,16,17)/t11-/m1/s1. The molecule has 1 atom stereocenters. The van der Waals surface area contributed by atoms with Crippen molar-refractivity contribution in [1.82, 2.24) is 4.90 Å². The summed E-state index contributed by atoms with van der Waals surface area (Å²) in [7, 11) is 1.77. The maximum absolute atomic E-state index is 11.7. The van der Waals surface area contributed by atoms with Crippen LogP contribution in [-0.4, -0.2) is 48.2 Å². The first kappa shape index (κ1) is 15.0. The van der Waals surface area contributed by atoms with E-state index in [1.54, 1.807) is 11.9 Å². The molecule has 0 aromatic heterocycles. The summed E-state index contributed by atoms with van der Waals surface area (Å²) in [6, 6.07) is 0. The van der Waals surface area contributed by atoms with E-state index in [9.17, 15) is 9.59 Å². The topological polar surface area (TPSA) is 66.8 Å². The van der Waals surface area contributed by atoms with Crippen LogP contribution in [0.1, 0.15) is 44.9 Å². The zero-order chi connectivity index (χ0) is 13.4. The molecule has 1 fully saturated rings. The zero-order valence-electron chi connectivity index (χ0n) is 11.1. The quantitative estimate of drug-likeness (QED) is 0.753. The molecular weight excluding hydrogens is 234 g/mol. The molecule has 0 unspecified atom stereocenters. The van der Waals surface area contributed by atoms with Gasteiger partial charge in [0.25, 0.3) is 0 Å². The van der Waals surface area contributed by atoms with Gasteiger partial charge in [0, 0.05) is 33.0 Å². The molecule has 0 aliphatic carbocycles. The number of carboxylic acids is 1. The SMILES string of the molecule is CN(CC[C@H]1CCCCO1)C(=O)CCCC(=O)O. The predicted molar refractivity (Wildman–Crippen MR) is 67.3 cm³/mol. The van der Waals surface area contributed by atoms with Gasteiger partial charge in [-0.3, -0.25) is 9.59 Å². The number of aliphatic carboxylic acids is 1. The lowest BCUT2D eigenvalue weighted by molar-refractivity contribution is -0.137. The van der Waals surface area contributed by atoms with Crippen LogP contribution in [0.2, 0.25) is 0 Å². The minimum absolute atomic E-state index is 0.0204. The third kappa shape index (κ3) is 6.00. The van der Waals surface area contributed by atoms with E-state index < -0.39 is 5.97 Å². The zero-order valence-corrected chi connectivity index (χ0v) is 11.1. The van der Waals surface area contributed by atoms with E-state index in [0.717, 1.165) is 25.9 Å². The van der Waals surface area contributed by atoms with Gasteiger partial charge in [-0.05, 0) is 32.1 Å². The lowest BCUT2D eigenvalue weighted by Gasteiger charge is -2.25. The summed E-state index contributed by atoms with van der Waals surface area (Å²) in [6.45, 7) is 1.53. The molecule has 1 saturated heterocycles. The van der Waals surface area contributed by atoms with Crippen LogP contribution in [0, 0.1) is 0 Å². The van der Waals surface area contributed by atoms with Gasteiger partial charge in [-0.2, -0.15) is 0 Å². The molecule has 1 rings (SSSR count). The van der Waals surface area contributed by atoms with Gasteiger partial charge in [0.2, 0.25) is 5.91 Å². The Balaban J connectivity index is 2.12. The van der Waals surface area contributed by atoms with Crippen molar-refractivity contribution < 1.29 is 19.4 Å². The second-order valence-corrected chi connectivity index (χ2v) is 4.84. The molecule has 0 saturated carbocycles. The lowest BCUT2D eigenvalue weighted by Crippen LogP contribution is -2.31. The Hall–Kier alpha value is -1.10. The molecule has 1 aliphatic heterocycles. The van der Waals surface area contributed by atoms with Crippen LogP contribution in [0.25, 0.3) is 0 Å². The van der Waals surface area contributed by atoms with E-state index in [2.05, 4.69) is 0 Å². The molecule has 1 N–H and O–H groups in total. The van der Waals surface area contributed by atoms with E-state index in [0.29, 0.717) is 19.4 Å². The first-order chi connectivity index (χ1) is 8.59. The Bertz CT molecular complexity index is 274. The fraction of sp³-hybridized carbons (Fsp3) is 0.846. The number of carboxylic acid groups (broad SMARTS) is 1. The van der Waals surface area contributed by atoms with Crippen molar-refractivity contribution >= 4 is 11.9 Å². The Labute approximate surface area is 108 Å². The smallest absolute Gasteiger partial charge is 0.303 e. The minimum Gasteiger partial charge on any atom is -0.481 e. The molecule has 1 aliphatic rings. The fourth-order valence-corrected chi connectivity index (χ4v) is 2.08. The molecule has 0 radical (unpaired) electrons. The average molecular weight is 257 g/mol. The molecule has 1 amide bonds. The van der Waals surface area contributed by atoms with Crippen molar-refractivity contribution in [1.29, 1.82) is 0 Å². The molecule has 1 heterocycles. The third-order valence-corrected chi connectivity index (χ3v) is 3.27. The van der Waals surface area contributed by atoms with Crippen molar-refractivity contribution in [2.24, 2.45) is 0 Å². The molecule has 5 heteroatoms. The highest BCUT2D eigenvalue weighted by molar-refractivity contribution is 5.76. The van der Waals surface area contributed by atoms with Crippen LogP contribution < -0.4 is 0 Å². The van der Waals surface area contributed by atoms with E-state index in [4.69, 9.17) is 9.84 Å². The number of carbonyl (C=O) groups excluding carboxylic acids is 1. The first-order valence-corrected chi connectivity index (χ1v) is 6.67. The molecule has 104 valence electrons. The number of ether oxygens (including phenoxy) is 1. The second-order valence-electron chi connectivity index (χ2n) is 4.84. The highest BCUT2D eigenvalue weighted by Gasteiger charge is 2.16. The molecule has 0 aromatic carbocycles. The summed E-state index contributed by atoms with van der Waals surface area (Å²) in [5, 5.41) is 8.50. The van der Waals surface area contributed by atoms with Gasteiger partial charge in [-0.1, -0.05) is 0 Å². The largest absolute Gasteiger partial charge is 0.481 e. The maximum atomic E-state index is 11.7. The van der Waals surface area contributed by atoms with Gasteiger partial charge in [0.1, 0.15) is 0 Å². The van der Waals surface area contributed by atoms with Crippen LogP contribution >= 0.6 is 0 Å². The third-order valence-electron chi connectivity index (χ3n) is 3.27. The van der Waals surface area contributed by atoms with E-state index in [1.165, 1.54) is 6.42 Å². The number of hydrogen-bond acceptors (Lipinski definition) is 3. The first-order valence-electron chi connectivity index (χ1n) is 6.67. The summed E-state index contributed by atoms with van der Waals surface area (Å²) in [5.74, 6) is -0.826. The van der Waals surface area contributed by atoms with Crippen molar-refractivity contribution in [3.05, 3.63) is 0 Å². The van der Waals surface area contributed by atoms with Crippen LogP contribution in [0.15, 0.2) is 0 Å². The monoisotopic (exact) mass is 257 g/mol. The minimum atomic E-state index is -0.846. The predicted octanol–water partition coefficient (Wildman–Crippen LogP) is 1.66. The summed E-state index contributed by atoms with van der Waals surface area (Å²) < 4.78 is 5.61. The van der Waals surface area contributed by atoms with E-state index in [1.807, 2.05) is 0 Å². The average Bonchev–Trinajstić information content (AvgIpc) is 2.36. The van der Waals surface area contributed by atoms with Crippen molar-refractivity contribution in [3.63, 3.8) is 0 Å². The molecule has 0 bridgehead atoms. The second kappa shape index (κ2) is 8.08.